The van der Waals surface area contributed by atoms with Crippen LogP contribution >= 0.6 is 11.3 Å². The average molecular weight is 339 g/mol. The number of anilines is 1. The van der Waals surface area contributed by atoms with E-state index in [0.717, 1.165) is 28.8 Å². The molecule has 1 amide bonds. The Labute approximate surface area is 143 Å². The van der Waals surface area contributed by atoms with Crippen LogP contribution in [0.3, 0.4) is 0 Å². The van der Waals surface area contributed by atoms with Crippen molar-refractivity contribution in [1.82, 2.24) is 9.97 Å². The Balaban J connectivity index is 1.68. The lowest BCUT2D eigenvalue weighted by Gasteiger charge is -2.12. The first kappa shape index (κ1) is 15.1. The van der Waals surface area contributed by atoms with Crippen LogP contribution in [0.15, 0.2) is 30.6 Å². The Hall–Kier alpha value is -2.47. The van der Waals surface area contributed by atoms with E-state index in [-0.39, 0.29) is 5.91 Å². The highest BCUT2D eigenvalue weighted by Gasteiger charge is 2.20. The van der Waals surface area contributed by atoms with Gasteiger partial charge in [-0.2, -0.15) is 0 Å². The molecule has 4 rings (SSSR count). The molecular formula is C18H17N3O2S. The summed E-state index contributed by atoms with van der Waals surface area (Å²) in [4.78, 5) is 23.6. The molecule has 2 heterocycles. The molecule has 1 aromatic carbocycles. The number of ether oxygens (including phenoxy) is 1. The summed E-state index contributed by atoms with van der Waals surface area (Å²) >= 11 is 1.72. The smallest absolute Gasteiger partial charge is 0.256 e. The van der Waals surface area contributed by atoms with Crippen LogP contribution in [0.4, 0.5) is 5.82 Å². The number of carbonyl (C=O) groups is 1. The summed E-state index contributed by atoms with van der Waals surface area (Å²) in [5.41, 5.74) is 1.89. The lowest BCUT2D eigenvalue weighted by molar-refractivity contribution is 0.102. The van der Waals surface area contributed by atoms with Gasteiger partial charge in [-0.05, 0) is 55.5 Å². The van der Waals surface area contributed by atoms with Gasteiger partial charge in [-0.1, -0.05) is 0 Å². The molecule has 1 aliphatic rings. The van der Waals surface area contributed by atoms with Gasteiger partial charge in [0.2, 0.25) is 0 Å². The lowest BCUT2D eigenvalue weighted by atomic mass is 9.97. The zero-order valence-corrected chi connectivity index (χ0v) is 14.2. The fraction of sp³-hybridized carbons (Fsp3) is 0.278. The van der Waals surface area contributed by atoms with Crippen LogP contribution in [0.1, 0.15) is 33.6 Å². The minimum Gasteiger partial charge on any atom is -0.497 e. The van der Waals surface area contributed by atoms with E-state index < -0.39 is 0 Å². The number of hydrogen-bond acceptors (Lipinski definition) is 5. The molecule has 0 radical (unpaired) electrons. The van der Waals surface area contributed by atoms with Crippen molar-refractivity contribution >= 4 is 33.3 Å². The van der Waals surface area contributed by atoms with Crippen molar-refractivity contribution in [2.24, 2.45) is 0 Å². The van der Waals surface area contributed by atoms with Gasteiger partial charge in [0.05, 0.1) is 12.5 Å². The van der Waals surface area contributed by atoms with E-state index >= 15 is 0 Å². The summed E-state index contributed by atoms with van der Waals surface area (Å²) in [7, 11) is 1.60. The molecule has 0 saturated heterocycles. The molecule has 1 aliphatic carbocycles. The molecule has 3 aromatic rings. The number of methoxy groups -OCH3 is 1. The number of aryl methyl sites for hydroxylation is 2. The second kappa shape index (κ2) is 6.20. The van der Waals surface area contributed by atoms with Gasteiger partial charge in [-0.25, -0.2) is 9.97 Å². The number of fused-ring (bicyclic) bond motifs is 3. The minimum atomic E-state index is -0.173. The summed E-state index contributed by atoms with van der Waals surface area (Å²) < 4.78 is 5.13. The number of nitrogens with zero attached hydrogens (tertiary/aromatic N) is 2. The first-order valence-electron chi connectivity index (χ1n) is 7.97. The van der Waals surface area contributed by atoms with E-state index in [1.165, 1.54) is 29.6 Å². The van der Waals surface area contributed by atoms with Crippen LogP contribution in [0.5, 0.6) is 5.75 Å². The molecule has 6 heteroatoms. The quantitative estimate of drug-likeness (QED) is 0.787. The first-order chi connectivity index (χ1) is 11.8. The van der Waals surface area contributed by atoms with Crippen LogP contribution in [0.25, 0.3) is 10.2 Å². The zero-order chi connectivity index (χ0) is 16.5. The number of benzene rings is 1. The third-order valence-electron chi connectivity index (χ3n) is 4.34. The van der Waals surface area contributed by atoms with Gasteiger partial charge >= 0.3 is 0 Å². The Morgan fingerprint density at radius 1 is 1.17 bits per heavy atom. The molecule has 0 fully saturated rings. The van der Waals surface area contributed by atoms with Crippen molar-refractivity contribution in [3.8, 4) is 5.75 Å². The predicted molar refractivity (Wildman–Crippen MR) is 95.0 cm³/mol. The van der Waals surface area contributed by atoms with Crippen LogP contribution in [-0.2, 0) is 12.8 Å². The summed E-state index contributed by atoms with van der Waals surface area (Å²) in [5, 5.41) is 3.96. The average Bonchev–Trinajstić information content (AvgIpc) is 3.01. The minimum absolute atomic E-state index is 0.173. The third kappa shape index (κ3) is 2.63. The highest BCUT2D eigenvalue weighted by Crippen LogP contribution is 2.38. The summed E-state index contributed by atoms with van der Waals surface area (Å²) in [6, 6.07) is 7.04. The van der Waals surface area contributed by atoms with Gasteiger partial charge < -0.3 is 10.1 Å². The van der Waals surface area contributed by atoms with Crippen molar-refractivity contribution in [2.45, 2.75) is 25.7 Å². The predicted octanol–water partition coefficient (Wildman–Crippen LogP) is 3.83. The Morgan fingerprint density at radius 2 is 1.96 bits per heavy atom. The van der Waals surface area contributed by atoms with Crippen molar-refractivity contribution < 1.29 is 9.53 Å². The molecule has 0 saturated carbocycles. The number of rotatable bonds is 3. The largest absolute Gasteiger partial charge is 0.497 e. The highest BCUT2D eigenvalue weighted by molar-refractivity contribution is 7.19. The highest BCUT2D eigenvalue weighted by atomic mass is 32.1. The van der Waals surface area contributed by atoms with Crippen LogP contribution < -0.4 is 10.1 Å². The number of hydrogen-bond donors (Lipinski definition) is 1. The van der Waals surface area contributed by atoms with Crippen molar-refractivity contribution in [3.63, 3.8) is 0 Å². The second-order valence-electron chi connectivity index (χ2n) is 5.80. The van der Waals surface area contributed by atoms with Gasteiger partial charge in [0.25, 0.3) is 5.91 Å². The fourth-order valence-corrected chi connectivity index (χ4v) is 4.34. The maximum atomic E-state index is 12.5. The van der Waals surface area contributed by atoms with Crippen LogP contribution in [0, 0.1) is 0 Å². The van der Waals surface area contributed by atoms with Gasteiger partial charge in [0, 0.05) is 10.4 Å². The first-order valence-corrected chi connectivity index (χ1v) is 8.78. The summed E-state index contributed by atoms with van der Waals surface area (Å²) in [6.45, 7) is 0. The van der Waals surface area contributed by atoms with Gasteiger partial charge in [0.15, 0.2) is 0 Å². The van der Waals surface area contributed by atoms with Crippen molar-refractivity contribution in [3.05, 3.63) is 46.6 Å². The standard InChI is InChI=1S/C18H17N3O2S/c1-23-12-8-6-11(7-9-12)17(22)21-16-15-13-4-2-3-5-14(13)24-18(15)20-10-19-16/h6-10H,2-5H2,1H3,(H,19,20,21,22). The van der Waals surface area contributed by atoms with E-state index in [9.17, 15) is 4.79 Å². The van der Waals surface area contributed by atoms with Crippen molar-refractivity contribution in [2.75, 3.05) is 12.4 Å². The van der Waals surface area contributed by atoms with E-state index in [0.29, 0.717) is 11.4 Å². The maximum Gasteiger partial charge on any atom is 0.256 e. The maximum absolute atomic E-state index is 12.5. The molecule has 24 heavy (non-hydrogen) atoms. The molecule has 5 nitrogen and oxygen atoms in total. The Bertz CT molecular complexity index is 903. The summed E-state index contributed by atoms with van der Waals surface area (Å²) in [5.74, 6) is 1.16. The topological polar surface area (TPSA) is 64.1 Å². The molecular weight excluding hydrogens is 322 g/mol. The van der Waals surface area contributed by atoms with Crippen LogP contribution in [-0.4, -0.2) is 23.0 Å². The third-order valence-corrected chi connectivity index (χ3v) is 5.54. The Kier molecular flexibility index (Phi) is 3.90. The number of carbonyl (C=O) groups excluding carboxylic acids is 1. The van der Waals surface area contributed by atoms with Gasteiger partial charge in [-0.15, -0.1) is 11.3 Å². The molecule has 1 N–H and O–H groups in total. The molecule has 0 spiro atoms. The summed E-state index contributed by atoms with van der Waals surface area (Å²) in [6.07, 6.45) is 6.06. The van der Waals surface area contributed by atoms with Crippen LogP contribution in [0.2, 0.25) is 0 Å². The SMILES string of the molecule is COc1ccc(C(=O)Nc2ncnc3sc4c(c23)CCCC4)cc1. The zero-order valence-electron chi connectivity index (χ0n) is 13.3. The number of amides is 1. The number of aromatic nitrogens is 2. The van der Waals surface area contributed by atoms with E-state index in [4.69, 9.17) is 4.74 Å². The molecule has 2 aromatic heterocycles. The second-order valence-corrected chi connectivity index (χ2v) is 6.88. The monoisotopic (exact) mass is 339 g/mol. The lowest BCUT2D eigenvalue weighted by Crippen LogP contribution is -2.13. The van der Waals surface area contributed by atoms with Gasteiger partial charge in [-0.3, -0.25) is 4.79 Å². The van der Waals surface area contributed by atoms with E-state index in [1.54, 1.807) is 42.7 Å². The van der Waals surface area contributed by atoms with E-state index in [2.05, 4.69) is 15.3 Å². The normalized spacial score (nSPS) is 13.5. The molecule has 122 valence electrons. The molecule has 0 unspecified atom stereocenters. The Morgan fingerprint density at radius 3 is 2.75 bits per heavy atom. The fourth-order valence-electron chi connectivity index (χ4n) is 3.11. The number of thiophene rings is 1. The molecule has 0 aliphatic heterocycles. The van der Waals surface area contributed by atoms with Gasteiger partial charge in [0.1, 0.15) is 22.7 Å². The number of nitrogens with one attached hydrogen (secondary N) is 1. The van der Waals surface area contributed by atoms with Crippen molar-refractivity contribution in [1.29, 1.82) is 0 Å². The van der Waals surface area contributed by atoms with E-state index in [1.807, 2.05) is 0 Å². The molecule has 0 bridgehead atoms. The molecule has 0 atom stereocenters.